The third kappa shape index (κ3) is 3.01. The van der Waals surface area contributed by atoms with Gasteiger partial charge in [-0.05, 0) is 24.6 Å². The van der Waals surface area contributed by atoms with Crippen LogP contribution in [-0.2, 0) is 9.59 Å². The Morgan fingerprint density at radius 1 is 1.30 bits per heavy atom. The van der Waals surface area contributed by atoms with Crippen molar-refractivity contribution in [2.24, 2.45) is 5.92 Å². The molecule has 1 aliphatic heterocycles. The van der Waals surface area contributed by atoms with Crippen molar-refractivity contribution in [2.45, 2.75) is 6.42 Å². The summed E-state index contributed by atoms with van der Waals surface area (Å²) in [6, 6.07) is 3.44. The molecule has 2 rings (SSSR count). The molecule has 1 aromatic rings. The van der Waals surface area contributed by atoms with Crippen LogP contribution >= 0.6 is 0 Å². The first kappa shape index (κ1) is 14.2. The Labute approximate surface area is 114 Å². The van der Waals surface area contributed by atoms with Crippen molar-refractivity contribution in [2.75, 3.05) is 13.1 Å². The van der Waals surface area contributed by atoms with Crippen LogP contribution in [0.3, 0.4) is 0 Å². The minimum atomic E-state index is -0.940. The van der Waals surface area contributed by atoms with Gasteiger partial charge < -0.3 is 10.0 Å². The highest BCUT2D eigenvalue weighted by atomic mass is 19.1. The molecule has 0 spiro atoms. The maximum atomic E-state index is 13.4. The Balaban J connectivity index is 2.05. The van der Waals surface area contributed by atoms with Gasteiger partial charge in [0.15, 0.2) is 0 Å². The standard InChI is InChI=1S/C14H13F2NO3/c15-11-2-1-3-12(16)10(11)4-5-13(18)17-7-6-9(8-17)14(19)20/h1-5,9H,6-8H2,(H,19,20)/b5-4+. The Morgan fingerprint density at radius 3 is 2.50 bits per heavy atom. The minimum absolute atomic E-state index is 0.123. The lowest BCUT2D eigenvalue weighted by Gasteiger charge is -2.12. The van der Waals surface area contributed by atoms with E-state index in [1.807, 2.05) is 0 Å². The monoisotopic (exact) mass is 281 g/mol. The van der Waals surface area contributed by atoms with E-state index in [0.717, 1.165) is 24.3 Å². The van der Waals surface area contributed by atoms with Gasteiger partial charge in [0, 0.05) is 24.7 Å². The first-order valence-electron chi connectivity index (χ1n) is 6.13. The molecule has 1 saturated heterocycles. The number of carboxylic acid groups (broad SMARTS) is 1. The number of halogens is 2. The van der Waals surface area contributed by atoms with Crippen molar-refractivity contribution in [1.29, 1.82) is 0 Å². The predicted octanol–water partition coefficient (Wildman–Crippen LogP) is 1.91. The molecule has 0 bridgehead atoms. The number of carbonyl (C=O) groups is 2. The Bertz CT molecular complexity index is 551. The summed E-state index contributed by atoms with van der Waals surface area (Å²) >= 11 is 0. The number of amides is 1. The molecular weight excluding hydrogens is 268 g/mol. The zero-order valence-corrected chi connectivity index (χ0v) is 10.6. The third-order valence-corrected chi connectivity index (χ3v) is 3.24. The molecule has 4 nitrogen and oxygen atoms in total. The predicted molar refractivity (Wildman–Crippen MR) is 67.7 cm³/mol. The number of rotatable bonds is 3. The zero-order chi connectivity index (χ0) is 14.7. The van der Waals surface area contributed by atoms with Crippen molar-refractivity contribution in [3.05, 3.63) is 41.5 Å². The average molecular weight is 281 g/mol. The summed E-state index contributed by atoms with van der Waals surface area (Å²) in [4.78, 5) is 23.9. The van der Waals surface area contributed by atoms with E-state index in [9.17, 15) is 18.4 Å². The smallest absolute Gasteiger partial charge is 0.308 e. The first-order chi connectivity index (χ1) is 9.49. The quantitative estimate of drug-likeness (QED) is 0.861. The third-order valence-electron chi connectivity index (χ3n) is 3.24. The SMILES string of the molecule is O=C(O)C1CCN(C(=O)/C=C/c2c(F)cccc2F)C1. The van der Waals surface area contributed by atoms with Gasteiger partial charge in [0.2, 0.25) is 5.91 Å². The van der Waals surface area contributed by atoms with E-state index in [1.54, 1.807) is 0 Å². The number of likely N-dealkylation sites (tertiary alicyclic amines) is 1. The van der Waals surface area contributed by atoms with Gasteiger partial charge in [-0.15, -0.1) is 0 Å². The fourth-order valence-electron chi connectivity index (χ4n) is 2.09. The maximum Gasteiger partial charge on any atom is 0.308 e. The molecule has 0 saturated carbocycles. The van der Waals surface area contributed by atoms with E-state index in [4.69, 9.17) is 5.11 Å². The second-order valence-electron chi connectivity index (χ2n) is 4.58. The number of aliphatic carboxylic acids is 1. The number of carbonyl (C=O) groups excluding carboxylic acids is 1. The van der Waals surface area contributed by atoms with Crippen molar-refractivity contribution < 1.29 is 23.5 Å². The summed E-state index contributed by atoms with van der Waals surface area (Å²) in [5, 5.41) is 8.84. The van der Waals surface area contributed by atoms with E-state index in [-0.39, 0.29) is 12.1 Å². The van der Waals surface area contributed by atoms with Crippen LogP contribution in [-0.4, -0.2) is 35.0 Å². The fraction of sp³-hybridized carbons (Fsp3) is 0.286. The van der Waals surface area contributed by atoms with E-state index in [1.165, 1.54) is 11.0 Å². The van der Waals surface area contributed by atoms with Crippen LogP contribution in [0, 0.1) is 17.6 Å². The lowest BCUT2D eigenvalue weighted by molar-refractivity contribution is -0.141. The summed E-state index contributed by atoms with van der Waals surface area (Å²) in [5.74, 6) is -3.46. The topological polar surface area (TPSA) is 57.6 Å². The van der Waals surface area contributed by atoms with Crippen LogP contribution in [0.4, 0.5) is 8.78 Å². The van der Waals surface area contributed by atoms with Crippen molar-refractivity contribution in [3.63, 3.8) is 0 Å². The number of benzene rings is 1. The first-order valence-corrected chi connectivity index (χ1v) is 6.13. The molecular formula is C14H13F2NO3. The summed E-state index contributed by atoms with van der Waals surface area (Å²) in [5.41, 5.74) is -0.283. The van der Waals surface area contributed by atoms with Crippen LogP contribution in [0.2, 0.25) is 0 Å². The second-order valence-corrected chi connectivity index (χ2v) is 4.58. The molecule has 1 aromatic carbocycles. The summed E-state index contributed by atoms with van der Waals surface area (Å²) in [6.07, 6.45) is 2.52. The molecule has 1 unspecified atom stereocenters. The fourth-order valence-corrected chi connectivity index (χ4v) is 2.09. The van der Waals surface area contributed by atoms with Gasteiger partial charge in [-0.25, -0.2) is 8.78 Å². The van der Waals surface area contributed by atoms with Gasteiger partial charge in [-0.2, -0.15) is 0 Å². The lowest BCUT2D eigenvalue weighted by Crippen LogP contribution is -2.28. The molecule has 0 aliphatic carbocycles. The van der Waals surface area contributed by atoms with E-state index in [2.05, 4.69) is 0 Å². The molecule has 20 heavy (non-hydrogen) atoms. The van der Waals surface area contributed by atoms with Gasteiger partial charge in [-0.1, -0.05) is 6.07 Å². The highest BCUT2D eigenvalue weighted by Gasteiger charge is 2.29. The number of carboxylic acids is 1. The van der Waals surface area contributed by atoms with E-state index in [0.29, 0.717) is 13.0 Å². The molecule has 1 fully saturated rings. The Morgan fingerprint density at radius 2 is 1.95 bits per heavy atom. The highest BCUT2D eigenvalue weighted by Crippen LogP contribution is 2.18. The maximum absolute atomic E-state index is 13.4. The highest BCUT2D eigenvalue weighted by molar-refractivity contribution is 5.92. The minimum Gasteiger partial charge on any atom is -0.481 e. The van der Waals surface area contributed by atoms with Crippen LogP contribution in [0.1, 0.15) is 12.0 Å². The number of nitrogens with zero attached hydrogens (tertiary/aromatic N) is 1. The molecule has 1 heterocycles. The van der Waals surface area contributed by atoms with E-state index >= 15 is 0 Å². The van der Waals surface area contributed by atoms with Gasteiger partial charge >= 0.3 is 5.97 Å². The van der Waals surface area contributed by atoms with Gasteiger partial charge in [-0.3, -0.25) is 9.59 Å². The average Bonchev–Trinajstić information content (AvgIpc) is 2.87. The largest absolute Gasteiger partial charge is 0.481 e. The van der Waals surface area contributed by atoms with Gasteiger partial charge in [0.25, 0.3) is 0 Å². The molecule has 1 N–H and O–H groups in total. The molecule has 1 amide bonds. The van der Waals surface area contributed by atoms with Crippen LogP contribution in [0.25, 0.3) is 6.08 Å². The van der Waals surface area contributed by atoms with E-state index < -0.39 is 29.4 Å². The molecule has 1 atom stereocenters. The lowest BCUT2D eigenvalue weighted by atomic mass is 10.1. The normalized spacial score (nSPS) is 18.7. The molecule has 0 aromatic heterocycles. The molecule has 6 heteroatoms. The van der Waals surface area contributed by atoms with Crippen molar-refractivity contribution in [3.8, 4) is 0 Å². The molecule has 106 valence electrons. The summed E-state index contributed by atoms with van der Waals surface area (Å²) in [7, 11) is 0. The van der Waals surface area contributed by atoms with Crippen LogP contribution < -0.4 is 0 Å². The van der Waals surface area contributed by atoms with Gasteiger partial charge in [0.05, 0.1) is 5.92 Å². The molecule has 0 radical (unpaired) electrons. The van der Waals surface area contributed by atoms with Crippen LogP contribution in [0.5, 0.6) is 0 Å². The summed E-state index contributed by atoms with van der Waals surface area (Å²) < 4.78 is 26.7. The number of hydrogen-bond acceptors (Lipinski definition) is 2. The van der Waals surface area contributed by atoms with Crippen molar-refractivity contribution >= 4 is 18.0 Å². The summed E-state index contributed by atoms with van der Waals surface area (Å²) in [6.45, 7) is 0.457. The van der Waals surface area contributed by atoms with Crippen LogP contribution in [0.15, 0.2) is 24.3 Å². The second kappa shape index (κ2) is 5.81. The number of hydrogen-bond donors (Lipinski definition) is 1. The van der Waals surface area contributed by atoms with Crippen molar-refractivity contribution in [1.82, 2.24) is 4.90 Å². The zero-order valence-electron chi connectivity index (χ0n) is 10.6. The van der Waals surface area contributed by atoms with Gasteiger partial charge in [0.1, 0.15) is 11.6 Å². The Hall–Kier alpha value is -2.24. The molecule has 1 aliphatic rings. The Kier molecular flexibility index (Phi) is 4.12.